The first kappa shape index (κ1) is 20.5. The van der Waals surface area contributed by atoms with Crippen LogP contribution in [-0.2, 0) is 17.9 Å². The molecule has 4 nitrogen and oxygen atoms in total. The average Bonchev–Trinajstić information content (AvgIpc) is 2.73. The first-order valence-electron chi connectivity index (χ1n) is 9.93. The number of hydrogen-bond donors (Lipinski definition) is 2. The van der Waals surface area contributed by atoms with Crippen LogP contribution in [0.15, 0.2) is 72.8 Å². The molecule has 29 heavy (non-hydrogen) atoms. The van der Waals surface area contributed by atoms with Gasteiger partial charge >= 0.3 is 0 Å². The Kier molecular flexibility index (Phi) is 6.90. The Bertz CT molecular complexity index is 949. The Balaban J connectivity index is 1.59. The van der Waals surface area contributed by atoms with E-state index in [4.69, 9.17) is 4.74 Å². The number of rotatable bonds is 8. The minimum Gasteiger partial charge on any atom is -0.489 e. The van der Waals surface area contributed by atoms with Crippen LogP contribution in [-0.4, -0.2) is 5.91 Å². The minimum atomic E-state index is -0.0380. The van der Waals surface area contributed by atoms with E-state index in [1.807, 2.05) is 68.4 Å². The van der Waals surface area contributed by atoms with E-state index in [1.54, 1.807) is 0 Å². The van der Waals surface area contributed by atoms with Gasteiger partial charge in [-0.3, -0.25) is 4.79 Å². The second kappa shape index (κ2) is 9.78. The lowest BCUT2D eigenvalue weighted by Crippen LogP contribution is -2.17. The fraction of sp³-hybridized carbons (Fsp3) is 0.240. The molecule has 0 fully saturated rings. The molecule has 2 N–H and O–H groups in total. The number of nitrogens with one attached hydrogen (secondary N) is 2. The molecule has 0 aromatic heterocycles. The number of anilines is 2. The zero-order valence-electron chi connectivity index (χ0n) is 17.2. The molecule has 0 saturated heterocycles. The summed E-state index contributed by atoms with van der Waals surface area (Å²) in [4.78, 5) is 11.8. The van der Waals surface area contributed by atoms with Gasteiger partial charge in [-0.2, -0.15) is 0 Å². The summed E-state index contributed by atoms with van der Waals surface area (Å²) in [6.07, 6.45) is 0. The van der Waals surface area contributed by atoms with Gasteiger partial charge in [0, 0.05) is 29.4 Å². The highest BCUT2D eigenvalue weighted by Crippen LogP contribution is 2.22. The van der Waals surface area contributed by atoms with Crippen LogP contribution in [0.3, 0.4) is 0 Å². The molecule has 0 aliphatic rings. The normalized spacial score (nSPS) is 10.6. The second-order valence-electron chi connectivity index (χ2n) is 7.40. The summed E-state index contributed by atoms with van der Waals surface area (Å²) in [5.41, 5.74) is 5.30. The van der Waals surface area contributed by atoms with Gasteiger partial charge in [0.1, 0.15) is 12.4 Å². The van der Waals surface area contributed by atoms with Gasteiger partial charge in [-0.1, -0.05) is 56.3 Å². The average molecular weight is 389 g/mol. The number of amides is 1. The highest BCUT2D eigenvalue weighted by atomic mass is 16.5. The number of benzene rings is 3. The van der Waals surface area contributed by atoms with Crippen molar-refractivity contribution < 1.29 is 9.53 Å². The molecular formula is C25H28N2O2. The Morgan fingerprint density at radius 1 is 0.862 bits per heavy atom. The van der Waals surface area contributed by atoms with Gasteiger partial charge in [0.2, 0.25) is 5.91 Å². The van der Waals surface area contributed by atoms with Crippen molar-refractivity contribution in [1.82, 2.24) is 0 Å². The molecular weight excluding hydrogens is 360 g/mol. The Hall–Kier alpha value is -3.27. The van der Waals surface area contributed by atoms with Crippen molar-refractivity contribution in [2.24, 2.45) is 5.92 Å². The van der Waals surface area contributed by atoms with Gasteiger partial charge < -0.3 is 15.4 Å². The van der Waals surface area contributed by atoms with E-state index in [2.05, 4.69) is 35.8 Å². The maximum Gasteiger partial charge on any atom is 0.226 e. The molecule has 3 aromatic rings. The van der Waals surface area contributed by atoms with Crippen LogP contribution in [0.25, 0.3) is 0 Å². The van der Waals surface area contributed by atoms with E-state index in [0.717, 1.165) is 22.7 Å². The maximum absolute atomic E-state index is 11.8. The van der Waals surface area contributed by atoms with Crippen LogP contribution < -0.4 is 15.4 Å². The summed E-state index contributed by atoms with van der Waals surface area (Å²) in [7, 11) is 0. The quantitative estimate of drug-likeness (QED) is 0.514. The first-order valence-corrected chi connectivity index (χ1v) is 9.93. The van der Waals surface area contributed by atoms with Gasteiger partial charge in [-0.25, -0.2) is 0 Å². The van der Waals surface area contributed by atoms with Crippen LogP contribution in [0.4, 0.5) is 11.4 Å². The van der Waals surface area contributed by atoms with Gasteiger partial charge in [-0.05, 0) is 48.4 Å². The zero-order valence-corrected chi connectivity index (χ0v) is 17.2. The van der Waals surface area contributed by atoms with Crippen LogP contribution in [0.5, 0.6) is 5.75 Å². The van der Waals surface area contributed by atoms with Crippen molar-refractivity contribution in [3.8, 4) is 5.75 Å². The third-order valence-electron chi connectivity index (χ3n) is 4.78. The lowest BCUT2D eigenvalue weighted by molar-refractivity contribution is -0.118. The van der Waals surface area contributed by atoms with Crippen molar-refractivity contribution in [2.45, 2.75) is 33.9 Å². The molecule has 0 bridgehead atoms. The number of ether oxygens (including phenoxy) is 1. The van der Waals surface area contributed by atoms with Crippen molar-refractivity contribution in [3.63, 3.8) is 0 Å². The molecule has 0 saturated carbocycles. The van der Waals surface area contributed by atoms with Crippen molar-refractivity contribution in [1.29, 1.82) is 0 Å². The third-order valence-corrected chi connectivity index (χ3v) is 4.78. The van der Waals surface area contributed by atoms with E-state index in [0.29, 0.717) is 13.2 Å². The number of hydrogen-bond acceptors (Lipinski definition) is 3. The summed E-state index contributed by atoms with van der Waals surface area (Å²) < 4.78 is 6.09. The van der Waals surface area contributed by atoms with Gasteiger partial charge in [-0.15, -0.1) is 0 Å². The van der Waals surface area contributed by atoms with Crippen LogP contribution in [0, 0.1) is 12.8 Å². The molecule has 0 aliphatic heterocycles. The highest BCUT2D eigenvalue weighted by Gasteiger charge is 2.07. The standard InChI is InChI=1S/C25H28N2O2/c1-18(2)25(28)27-23-14-12-22(13-15-23)26-16-20-9-6-7-11-24(20)29-17-21-10-5-4-8-19(21)3/h4-15,18,26H,16-17H2,1-3H3,(H,27,28). The molecule has 0 unspecified atom stereocenters. The van der Waals surface area contributed by atoms with Crippen molar-refractivity contribution in [3.05, 3.63) is 89.5 Å². The van der Waals surface area contributed by atoms with E-state index in [9.17, 15) is 4.79 Å². The van der Waals surface area contributed by atoms with E-state index >= 15 is 0 Å². The molecule has 4 heteroatoms. The molecule has 0 aliphatic carbocycles. The molecule has 3 aromatic carbocycles. The molecule has 0 radical (unpaired) electrons. The summed E-state index contributed by atoms with van der Waals surface area (Å²) in [5, 5.41) is 6.32. The number of aryl methyl sites for hydroxylation is 1. The van der Waals surface area contributed by atoms with Gasteiger partial charge in [0.15, 0.2) is 0 Å². The molecule has 0 atom stereocenters. The number of para-hydroxylation sites is 1. The van der Waals surface area contributed by atoms with Crippen molar-refractivity contribution >= 4 is 17.3 Å². The topological polar surface area (TPSA) is 50.4 Å². The highest BCUT2D eigenvalue weighted by molar-refractivity contribution is 5.92. The SMILES string of the molecule is Cc1ccccc1COc1ccccc1CNc1ccc(NC(=O)C(C)C)cc1. The molecule has 150 valence electrons. The Morgan fingerprint density at radius 3 is 2.17 bits per heavy atom. The lowest BCUT2D eigenvalue weighted by Gasteiger charge is -2.14. The van der Waals surface area contributed by atoms with E-state index in [-0.39, 0.29) is 11.8 Å². The fourth-order valence-electron chi connectivity index (χ4n) is 2.87. The maximum atomic E-state index is 11.8. The van der Waals surface area contributed by atoms with E-state index < -0.39 is 0 Å². The molecule has 0 spiro atoms. The predicted molar refractivity (Wildman–Crippen MR) is 119 cm³/mol. The summed E-state index contributed by atoms with van der Waals surface area (Å²) in [6, 6.07) is 24.1. The monoisotopic (exact) mass is 388 g/mol. The summed E-state index contributed by atoms with van der Waals surface area (Å²) in [6.45, 7) is 7.06. The molecule has 1 amide bonds. The van der Waals surface area contributed by atoms with E-state index in [1.165, 1.54) is 11.1 Å². The molecule has 3 rings (SSSR count). The summed E-state index contributed by atoms with van der Waals surface area (Å²) in [5.74, 6) is 0.860. The van der Waals surface area contributed by atoms with Gasteiger partial charge in [0.05, 0.1) is 0 Å². The first-order chi connectivity index (χ1) is 14.0. The second-order valence-corrected chi connectivity index (χ2v) is 7.40. The van der Waals surface area contributed by atoms with Crippen LogP contribution in [0.1, 0.15) is 30.5 Å². The lowest BCUT2D eigenvalue weighted by atomic mass is 10.1. The smallest absolute Gasteiger partial charge is 0.226 e. The predicted octanol–water partition coefficient (Wildman–Crippen LogP) is 5.78. The third kappa shape index (κ3) is 5.85. The number of carbonyl (C=O) groups excluding carboxylic acids is 1. The fourth-order valence-corrected chi connectivity index (χ4v) is 2.87. The van der Waals surface area contributed by atoms with Crippen LogP contribution >= 0.6 is 0 Å². The largest absolute Gasteiger partial charge is 0.489 e. The summed E-state index contributed by atoms with van der Waals surface area (Å²) >= 11 is 0. The number of carbonyl (C=O) groups is 1. The van der Waals surface area contributed by atoms with Gasteiger partial charge in [0.25, 0.3) is 0 Å². The Labute approximate surface area is 172 Å². The van der Waals surface area contributed by atoms with Crippen LogP contribution in [0.2, 0.25) is 0 Å². The minimum absolute atomic E-state index is 0.0189. The van der Waals surface area contributed by atoms with Crippen molar-refractivity contribution in [2.75, 3.05) is 10.6 Å². The Morgan fingerprint density at radius 2 is 1.48 bits per heavy atom. The zero-order chi connectivity index (χ0) is 20.6. The molecule has 0 heterocycles.